The summed E-state index contributed by atoms with van der Waals surface area (Å²) in [6, 6.07) is 0. The van der Waals surface area contributed by atoms with Crippen molar-refractivity contribution in [1.82, 2.24) is 4.98 Å². The second-order valence-corrected chi connectivity index (χ2v) is 6.24. The van der Waals surface area contributed by atoms with E-state index in [1.807, 2.05) is 6.92 Å². The zero-order chi connectivity index (χ0) is 12.0. The molecule has 1 saturated carbocycles. The zero-order valence-electron chi connectivity index (χ0n) is 9.85. The summed E-state index contributed by atoms with van der Waals surface area (Å²) in [5.74, 6) is 0.712. The number of hydrogen-bond acceptors (Lipinski definition) is 4. The molecule has 0 spiro atoms. The number of fused-ring (bicyclic) bond motifs is 1. The molecule has 4 nitrogen and oxygen atoms in total. The summed E-state index contributed by atoms with van der Waals surface area (Å²) in [5, 5.41) is 9.91. The van der Waals surface area contributed by atoms with Crippen LogP contribution in [0, 0.1) is 18.8 Å². The fourth-order valence-corrected chi connectivity index (χ4v) is 4.03. The van der Waals surface area contributed by atoms with E-state index in [0.717, 1.165) is 34.9 Å². The van der Waals surface area contributed by atoms with Gasteiger partial charge in [-0.25, -0.2) is 9.78 Å². The van der Waals surface area contributed by atoms with Gasteiger partial charge in [-0.05, 0) is 31.6 Å². The van der Waals surface area contributed by atoms with Crippen molar-refractivity contribution in [2.75, 3.05) is 18.0 Å². The van der Waals surface area contributed by atoms with Crippen molar-refractivity contribution in [3.05, 3.63) is 10.6 Å². The van der Waals surface area contributed by atoms with E-state index in [-0.39, 0.29) is 5.69 Å². The lowest BCUT2D eigenvalue weighted by Gasteiger charge is -2.15. The minimum atomic E-state index is -0.913. The molecule has 5 heteroatoms. The summed E-state index contributed by atoms with van der Waals surface area (Å²) in [4.78, 5) is 18.3. The molecule has 3 rings (SSSR count). The van der Waals surface area contributed by atoms with Crippen LogP contribution in [0.15, 0.2) is 0 Å². The van der Waals surface area contributed by atoms with Crippen LogP contribution < -0.4 is 4.90 Å². The molecule has 0 radical (unpaired) electrons. The van der Waals surface area contributed by atoms with E-state index >= 15 is 0 Å². The van der Waals surface area contributed by atoms with Gasteiger partial charge in [0.1, 0.15) is 0 Å². The summed E-state index contributed by atoms with van der Waals surface area (Å²) < 4.78 is 0. The van der Waals surface area contributed by atoms with Crippen molar-refractivity contribution in [3.63, 3.8) is 0 Å². The van der Waals surface area contributed by atoms with Gasteiger partial charge in [0, 0.05) is 18.0 Å². The van der Waals surface area contributed by atoms with Crippen LogP contribution >= 0.6 is 11.3 Å². The maximum Gasteiger partial charge on any atom is 0.355 e. The topological polar surface area (TPSA) is 53.4 Å². The quantitative estimate of drug-likeness (QED) is 0.878. The van der Waals surface area contributed by atoms with Crippen LogP contribution in [-0.2, 0) is 0 Å². The second-order valence-electron chi connectivity index (χ2n) is 5.06. The number of carbonyl (C=O) groups is 1. The number of nitrogens with zero attached hydrogens (tertiary/aromatic N) is 2. The fraction of sp³-hybridized carbons (Fsp3) is 0.667. The van der Waals surface area contributed by atoms with Crippen LogP contribution in [0.1, 0.15) is 34.6 Å². The van der Waals surface area contributed by atoms with E-state index in [2.05, 4.69) is 9.88 Å². The average molecular weight is 252 g/mol. The third-order valence-corrected chi connectivity index (χ3v) is 5.02. The molecule has 0 bridgehead atoms. The Labute approximate surface area is 104 Å². The Bertz CT molecular complexity index is 445. The van der Waals surface area contributed by atoms with Crippen molar-refractivity contribution in [2.45, 2.75) is 26.2 Å². The Kier molecular flexibility index (Phi) is 2.58. The number of rotatable bonds is 2. The highest BCUT2D eigenvalue weighted by Gasteiger charge is 2.37. The fourth-order valence-electron chi connectivity index (χ4n) is 3.11. The Morgan fingerprint density at radius 1 is 1.41 bits per heavy atom. The minimum Gasteiger partial charge on any atom is -0.476 e. The predicted octanol–water partition coefficient (Wildman–Crippen LogP) is 2.39. The van der Waals surface area contributed by atoms with Crippen LogP contribution in [0.3, 0.4) is 0 Å². The molecule has 1 saturated heterocycles. The van der Waals surface area contributed by atoms with Crippen LogP contribution in [0.25, 0.3) is 0 Å². The number of aromatic carboxylic acids is 1. The predicted molar refractivity (Wildman–Crippen MR) is 66.9 cm³/mol. The van der Waals surface area contributed by atoms with E-state index in [4.69, 9.17) is 5.11 Å². The number of aromatic nitrogens is 1. The second kappa shape index (κ2) is 3.98. The standard InChI is InChI=1S/C12H16N2O2S/c1-7-10(11(15)16)13-12(17-7)14-5-8-3-2-4-9(8)6-14/h8-9H,2-6H2,1H3,(H,15,16). The summed E-state index contributed by atoms with van der Waals surface area (Å²) in [6.45, 7) is 3.97. The SMILES string of the molecule is Cc1sc(N2CC3CCCC3C2)nc1C(=O)O. The normalized spacial score (nSPS) is 27.5. The van der Waals surface area contributed by atoms with Gasteiger partial charge < -0.3 is 10.0 Å². The number of thiazole rings is 1. The maximum atomic E-state index is 11.0. The lowest BCUT2D eigenvalue weighted by atomic mass is 10.0. The van der Waals surface area contributed by atoms with Gasteiger partial charge in [-0.3, -0.25) is 0 Å². The Hall–Kier alpha value is -1.10. The molecule has 2 unspecified atom stereocenters. The van der Waals surface area contributed by atoms with Crippen LogP contribution in [0.2, 0.25) is 0 Å². The molecular weight excluding hydrogens is 236 g/mol. The molecule has 2 fully saturated rings. The highest BCUT2D eigenvalue weighted by Crippen LogP contribution is 2.40. The van der Waals surface area contributed by atoms with Gasteiger partial charge in [-0.2, -0.15) is 0 Å². The van der Waals surface area contributed by atoms with Gasteiger partial charge in [0.05, 0.1) is 0 Å². The molecule has 2 aliphatic rings. The lowest BCUT2D eigenvalue weighted by molar-refractivity contribution is 0.0690. The van der Waals surface area contributed by atoms with Crippen molar-refractivity contribution >= 4 is 22.4 Å². The van der Waals surface area contributed by atoms with E-state index in [0.29, 0.717) is 0 Å². The molecule has 1 N–H and O–H groups in total. The van der Waals surface area contributed by atoms with Gasteiger partial charge in [-0.1, -0.05) is 6.42 Å². The first kappa shape index (κ1) is 11.0. The summed E-state index contributed by atoms with van der Waals surface area (Å²) >= 11 is 1.51. The lowest BCUT2D eigenvalue weighted by Crippen LogP contribution is -2.20. The number of anilines is 1. The molecule has 17 heavy (non-hydrogen) atoms. The van der Waals surface area contributed by atoms with Crippen LogP contribution in [-0.4, -0.2) is 29.1 Å². The van der Waals surface area contributed by atoms with E-state index in [1.54, 1.807) is 0 Å². The van der Waals surface area contributed by atoms with Gasteiger partial charge in [0.2, 0.25) is 0 Å². The third kappa shape index (κ3) is 1.82. The number of hydrogen-bond donors (Lipinski definition) is 1. The van der Waals surface area contributed by atoms with E-state index in [1.165, 1.54) is 30.6 Å². The highest BCUT2D eigenvalue weighted by molar-refractivity contribution is 7.15. The van der Waals surface area contributed by atoms with Gasteiger partial charge in [0.15, 0.2) is 10.8 Å². The summed E-state index contributed by atoms with van der Waals surface area (Å²) in [5.41, 5.74) is 0.224. The first-order valence-electron chi connectivity index (χ1n) is 6.11. The molecule has 0 amide bonds. The molecule has 1 aromatic heterocycles. The van der Waals surface area contributed by atoms with Crippen molar-refractivity contribution in [3.8, 4) is 0 Å². The van der Waals surface area contributed by atoms with Crippen LogP contribution in [0.4, 0.5) is 5.13 Å². The van der Waals surface area contributed by atoms with Gasteiger partial charge in [-0.15, -0.1) is 11.3 Å². The molecular formula is C12H16N2O2S. The smallest absolute Gasteiger partial charge is 0.355 e. The Balaban J connectivity index is 1.81. The third-order valence-electron chi connectivity index (χ3n) is 3.98. The molecule has 0 aromatic carbocycles. The zero-order valence-corrected chi connectivity index (χ0v) is 10.7. The average Bonchev–Trinajstić information content (AvgIpc) is 2.88. The summed E-state index contributed by atoms with van der Waals surface area (Å²) in [7, 11) is 0. The van der Waals surface area contributed by atoms with Crippen molar-refractivity contribution in [2.24, 2.45) is 11.8 Å². The maximum absolute atomic E-state index is 11.0. The summed E-state index contributed by atoms with van der Waals surface area (Å²) in [6.07, 6.45) is 4.02. The first-order valence-corrected chi connectivity index (χ1v) is 6.92. The van der Waals surface area contributed by atoms with Crippen molar-refractivity contribution < 1.29 is 9.90 Å². The molecule has 92 valence electrons. The molecule has 1 aliphatic heterocycles. The molecule has 2 atom stereocenters. The largest absolute Gasteiger partial charge is 0.476 e. The van der Waals surface area contributed by atoms with Gasteiger partial charge >= 0.3 is 5.97 Å². The molecule has 1 aromatic rings. The van der Waals surface area contributed by atoms with Gasteiger partial charge in [0.25, 0.3) is 0 Å². The van der Waals surface area contributed by atoms with Crippen LogP contribution in [0.5, 0.6) is 0 Å². The number of carboxylic acids is 1. The number of aryl methyl sites for hydroxylation is 1. The van der Waals surface area contributed by atoms with Crippen molar-refractivity contribution in [1.29, 1.82) is 0 Å². The Morgan fingerprint density at radius 3 is 2.59 bits per heavy atom. The minimum absolute atomic E-state index is 0.224. The van der Waals surface area contributed by atoms with E-state index in [9.17, 15) is 4.79 Å². The van der Waals surface area contributed by atoms with E-state index < -0.39 is 5.97 Å². The molecule has 2 heterocycles. The molecule has 1 aliphatic carbocycles. The number of carboxylic acid groups (broad SMARTS) is 1. The highest BCUT2D eigenvalue weighted by atomic mass is 32.1. The monoisotopic (exact) mass is 252 g/mol. The first-order chi connectivity index (χ1) is 8.15. The Morgan fingerprint density at radius 2 is 2.06 bits per heavy atom.